The summed E-state index contributed by atoms with van der Waals surface area (Å²) in [6.45, 7) is 3.90. The van der Waals surface area contributed by atoms with Crippen LogP contribution in [0.2, 0.25) is 0 Å². The van der Waals surface area contributed by atoms with E-state index in [0.717, 1.165) is 17.6 Å². The number of likely N-dealkylation sites (tertiary alicyclic amines) is 1. The highest BCUT2D eigenvalue weighted by molar-refractivity contribution is 5.71. The van der Waals surface area contributed by atoms with Gasteiger partial charge in [0.15, 0.2) is 0 Å². The zero-order chi connectivity index (χ0) is 15.0. The number of hydrogen-bond acceptors (Lipinski definition) is 3. The van der Waals surface area contributed by atoms with Crippen LogP contribution in [0.5, 0.6) is 0 Å². The highest BCUT2D eigenvalue weighted by Crippen LogP contribution is 2.26. The van der Waals surface area contributed by atoms with Crippen LogP contribution in [0.25, 0.3) is 5.52 Å². The molecule has 2 atom stereocenters. The average Bonchev–Trinajstić information content (AvgIpc) is 2.99. The number of pyridine rings is 1. The van der Waals surface area contributed by atoms with Crippen molar-refractivity contribution in [3.8, 4) is 6.07 Å². The fourth-order valence-electron chi connectivity index (χ4n) is 3.19. The fourth-order valence-corrected chi connectivity index (χ4v) is 3.19. The van der Waals surface area contributed by atoms with Crippen LogP contribution in [0, 0.1) is 23.2 Å². The third kappa shape index (κ3) is 2.39. The maximum Gasteiger partial charge on any atom is 0.308 e. The zero-order valence-corrected chi connectivity index (χ0v) is 11.9. The summed E-state index contributed by atoms with van der Waals surface area (Å²) in [5.74, 6) is -0.898. The predicted molar refractivity (Wildman–Crippen MR) is 77.7 cm³/mol. The molecule has 1 saturated heterocycles. The minimum absolute atomic E-state index is 0.144. The Morgan fingerprint density at radius 1 is 1.48 bits per heavy atom. The maximum atomic E-state index is 11.2. The first-order chi connectivity index (χ1) is 10.1. The minimum Gasteiger partial charge on any atom is -0.481 e. The van der Waals surface area contributed by atoms with Gasteiger partial charge in [-0.2, -0.15) is 5.26 Å². The van der Waals surface area contributed by atoms with Crippen LogP contribution in [0.3, 0.4) is 0 Å². The van der Waals surface area contributed by atoms with Gasteiger partial charge in [-0.1, -0.05) is 13.0 Å². The Kier molecular flexibility index (Phi) is 3.40. The summed E-state index contributed by atoms with van der Waals surface area (Å²) in [6, 6.07) is 8.04. The van der Waals surface area contributed by atoms with Crippen molar-refractivity contribution in [2.75, 3.05) is 13.1 Å². The molecule has 0 aromatic carbocycles. The maximum absolute atomic E-state index is 11.2. The van der Waals surface area contributed by atoms with E-state index < -0.39 is 5.97 Å². The summed E-state index contributed by atoms with van der Waals surface area (Å²) in [4.78, 5) is 13.3. The summed E-state index contributed by atoms with van der Waals surface area (Å²) in [7, 11) is 0. The lowest BCUT2D eigenvalue weighted by atomic mass is 9.99. The molecule has 3 rings (SSSR count). The van der Waals surface area contributed by atoms with Gasteiger partial charge in [0.05, 0.1) is 17.0 Å². The molecule has 1 aliphatic rings. The summed E-state index contributed by atoms with van der Waals surface area (Å²) in [5.41, 5.74) is 2.54. The molecule has 0 saturated carbocycles. The number of carbonyl (C=O) groups is 1. The number of hydrogen-bond donors (Lipinski definition) is 1. The van der Waals surface area contributed by atoms with E-state index in [2.05, 4.69) is 11.0 Å². The molecule has 1 N–H and O–H groups in total. The third-order valence-corrected chi connectivity index (χ3v) is 4.27. The smallest absolute Gasteiger partial charge is 0.308 e. The molecule has 21 heavy (non-hydrogen) atoms. The second-order valence-electron chi connectivity index (χ2n) is 5.75. The molecule has 5 heteroatoms. The topological polar surface area (TPSA) is 68.7 Å². The number of aromatic nitrogens is 1. The van der Waals surface area contributed by atoms with Crippen molar-refractivity contribution in [2.45, 2.75) is 13.5 Å². The van der Waals surface area contributed by atoms with E-state index in [0.29, 0.717) is 18.7 Å². The molecular weight excluding hydrogens is 266 g/mol. The van der Waals surface area contributed by atoms with Gasteiger partial charge >= 0.3 is 5.97 Å². The number of nitriles is 1. The van der Waals surface area contributed by atoms with E-state index in [4.69, 9.17) is 0 Å². The molecule has 0 spiro atoms. The molecule has 0 aliphatic carbocycles. The van der Waals surface area contributed by atoms with Crippen LogP contribution < -0.4 is 0 Å². The van der Waals surface area contributed by atoms with Gasteiger partial charge in [0, 0.05) is 37.6 Å². The molecule has 0 amide bonds. The van der Waals surface area contributed by atoms with Gasteiger partial charge < -0.3 is 9.51 Å². The molecule has 0 radical (unpaired) electrons. The van der Waals surface area contributed by atoms with Gasteiger partial charge in [0.25, 0.3) is 0 Å². The molecule has 3 heterocycles. The van der Waals surface area contributed by atoms with Crippen molar-refractivity contribution in [3.63, 3.8) is 0 Å². The summed E-state index contributed by atoms with van der Waals surface area (Å²) >= 11 is 0. The highest BCUT2D eigenvalue weighted by Gasteiger charge is 2.34. The first-order valence-corrected chi connectivity index (χ1v) is 7.04. The van der Waals surface area contributed by atoms with Crippen molar-refractivity contribution < 1.29 is 9.90 Å². The van der Waals surface area contributed by atoms with E-state index in [1.54, 1.807) is 0 Å². The Hall–Kier alpha value is -2.32. The quantitative estimate of drug-likeness (QED) is 0.935. The predicted octanol–water partition coefficient (Wildman–Crippen LogP) is 1.96. The number of rotatable bonds is 3. The van der Waals surface area contributed by atoms with Crippen molar-refractivity contribution in [1.82, 2.24) is 9.30 Å². The monoisotopic (exact) mass is 283 g/mol. The van der Waals surface area contributed by atoms with Crippen molar-refractivity contribution in [1.29, 1.82) is 5.26 Å². The van der Waals surface area contributed by atoms with Crippen LogP contribution in [0.1, 0.15) is 18.1 Å². The lowest BCUT2D eigenvalue weighted by molar-refractivity contribution is -0.142. The summed E-state index contributed by atoms with van der Waals surface area (Å²) < 4.78 is 1.95. The largest absolute Gasteiger partial charge is 0.481 e. The molecule has 5 nitrogen and oxygen atoms in total. The van der Waals surface area contributed by atoms with Crippen LogP contribution in [-0.4, -0.2) is 33.5 Å². The van der Waals surface area contributed by atoms with Gasteiger partial charge in [-0.15, -0.1) is 0 Å². The summed E-state index contributed by atoms with van der Waals surface area (Å²) in [5, 5.41) is 18.6. The van der Waals surface area contributed by atoms with E-state index in [9.17, 15) is 15.2 Å². The van der Waals surface area contributed by atoms with Gasteiger partial charge in [-0.05, 0) is 18.1 Å². The third-order valence-electron chi connectivity index (χ3n) is 4.27. The molecule has 2 aromatic heterocycles. The average molecular weight is 283 g/mol. The molecule has 1 fully saturated rings. The lowest BCUT2D eigenvalue weighted by Gasteiger charge is -2.14. The van der Waals surface area contributed by atoms with Gasteiger partial charge in [0.1, 0.15) is 6.07 Å². The van der Waals surface area contributed by atoms with Crippen LogP contribution in [0.15, 0.2) is 30.6 Å². The second kappa shape index (κ2) is 5.23. The standard InChI is InChI=1S/C16H17N3O2/c1-11-7-18(10-14(11)16(20)21)8-12-9-19-5-3-2-4-15(19)13(12)6-17/h2-5,9,11,14H,7-8,10H2,1H3,(H,20,21). The zero-order valence-electron chi connectivity index (χ0n) is 11.9. The summed E-state index contributed by atoms with van der Waals surface area (Å²) in [6.07, 6.45) is 3.89. The van der Waals surface area contributed by atoms with Crippen LogP contribution in [0.4, 0.5) is 0 Å². The second-order valence-corrected chi connectivity index (χ2v) is 5.75. The molecular formula is C16H17N3O2. The van der Waals surface area contributed by atoms with Crippen LogP contribution >= 0.6 is 0 Å². The first kappa shape index (κ1) is 13.7. The van der Waals surface area contributed by atoms with Crippen molar-refractivity contribution >= 4 is 11.5 Å². The van der Waals surface area contributed by atoms with Gasteiger partial charge in [0.2, 0.25) is 0 Å². The van der Waals surface area contributed by atoms with E-state index in [1.165, 1.54) is 0 Å². The van der Waals surface area contributed by atoms with Crippen LogP contribution in [-0.2, 0) is 11.3 Å². The number of carboxylic acids is 1. The lowest BCUT2D eigenvalue weighted by Crippen LogP contribution is -2.23. The Labute approximate surface area is 123 Å². The minimum atomic E-state index is -0.729. The normalized spacial score (nSPS) is 22.5. The fraction of sp³-hybridized carbons (Fsp3) is 0.375. The Morgan fingerprint density at radius 2 is 2.29 bits per heavy atom. The van der Waals surface area contributed by atoms with E-state index in [1.807, 2.05) is 41.9 Å². The van der Waals surface area contributed by atoms with E-state index in [-0.39, 0.29) is 11.8 Å². The molecule has 0 bridgehead atoms. The number of nitrogens with zero attached hydrogens (tertiary/aromatic N) is 3. The van der Waals surface area contributed by atoms with E-state index >= 15 is 0 Å². The van der Waals surface area contributed by atoms with Crippen molar-refractivity contribution in [3.05, 3.63) is 41.7 Å². The Balaban J connectivity index is 1.86. The number of carboxylic acid groups (broad SMARTS) is 1. The number of fused-ring (bicyclic) bond motifs is 1. The molecule has 108 valence electrons. The van der Waals surface area contributed by atoms with Crippen molar-refractivity contribution in [2.24, 2.45) is 11.8 Å². The molecule has 1 aliphatic heterocycles. The Morgan fingerprint density at radius 3 is 2.95 bits per heavy atom. The van der Waals surface area contributed by atoms with Gasteiger partial charge in [-0.3, -0.25) is 9.69 Å². The molecule has 2 unspecified atom stereocenters. The first-order valence-electron chi connectivity index (χ1n) is 7.04. The SMILES string of the molecule is CC1CN(Cc2cn3ccccc3c2C#N)CC1C(=O)O. The molecule has 2 aromatic rings. The number of aliphatic carboxylic acids is 1. The van der Waals surface area contributed by atoms with Gasteiger partial charge in [-0.25, -0.2) is 0 Å². The Bertz CT molecular complexity index is 729. The highest BCUT2D eigenvalue weighted by atomic mass is 16.4.